The van der Waals surface area contributed by atoms with E-state index in [0.29, 0.717) is 6.42 Å². The van der Waals surface area contributed by atoms with Crippen molar-refractivity contribution in [3.63, 3.8) is 0 Å². The minimum absolute atomic E-state index is 0.000851. The van der Waals surface area contributed by atoms with Crippen LogP contribution in [0.1, 0.15) is 20.3 Å². The molecule has 0 aromatic rings. The highest BCUT2D eigenvalue weighted by Crippen LogP contribution is 2.32. The van der Waals surface area contributed by atoms with Gasteiger partial charge in [0.1, 0.15) is 0 Å². The molecule has 0 radical (unpaired) electrons. The Bertz CT molecular complexity index is 377. The number of carbonyl (C=O) groups excluding carboxylic acids is 2. The Morgan fingerprint density at radius 1 is 1.33 bits per heavy atom. The summed E-state index contributed by atoms with van der Waals surface area (Å²) in [7, 11) is 0. The molecule has 78 valence electrons. The van der Waals surface area contributed by atoms with Crippen LogP contribution in [0.2, 0.25) is 0 Å². The van der Waals surface area contributed by atoms with E-state index in [2.05, 4.69) is 29.9 Å². The number of hydrogen-bond donors (Lipinski definition) is 0. The highest BCUT2D eigenvalue weighted by atomic mass is 16.1. The van der Waals surface area contributed by atoms with Crippen LogP contribution in [0.3, 0.4) is 0 Å². The molecule has 0 N–H and O–H groups in total. The molecule has 0 aromatic carbocycles. The van der Waals surface area contributed by atoms with E-state index in [1.54, 1.807) is 0 Å². The Morgan fingerprint density at radius 3 is 2.40 bits per heavy atom. The van der Waals surface area contributed by atoms with Crippen molar-refractivity contribution in [3.05, 3.63) is 23.8 Å². The minimum atomic E-state index is -0.760. The standard InChI is InChI=1S/C11H12N2O2/c1-11(2)5-3-4-9(6-11)10(12-7-14)13-8-15/h3-5,10H,6H2,1-2H3. The summed E-state index contributed by atoms with van der Waals surface area (Å²) >= 11 is 0. The summed E-state index contributed by atoms with van der Waals surface area (Å²) in [6, 6.07) is 0. The van der Waals surface area contributed by atoms with E-state index in [0.717, 1.165) is 5.57 Å². The second kappa shape index (κ2) is 4.65. The molecule has 15 heavy (non-hydrogen) atoms. The van der Waals surface area contributed by atoms with Crippen LogP contribution in [0, 0.1) is 5.41 Å². The maximum Gasteiger partial charge on any atom is 0.237 e. The first-order valence-electron chi connectivity index (χ1n) is 4.61. The lowest BCUT2D eigenvalue weighted by Gasteiger charge is -2.25. The van der Waals surface area contributed by atoms with Gasteiger partial charge in [-0.25, -0.2) is 9.59 Å². The Balaban J connectivity index is 2.95. The van der Waals surface area contributed by atoms with E-state index in [-0.39, 0.29) is 5.41 Å². The van der Waals surface area contributed by atoms with Gasteiger partial charge in [0.2, 0.25) is 12.2 Å². The maximum atomic E-state index is 10.2. The first kappa shape index (κ1) is 11.3. The van der Waals surface area contributed by atoms with E-state index >= 15 is 0 Å². The smallest absolute Gasteiger partial charge is 0.211 e. The monoisotopic (exact) mass is 204 g/mol. The third-order valence-corrected chi connectivity index (χ3v) is 2.20. The van der Waals surface area contributed by atoms with E-state index < -0.39 is 6.17 Å². The van der Waals surface area contributed by atoms with Gasteiger partial charge in [0.15, 0.2) is 6.17 Å². The van der Waals surface area contributed by atoms with Gasteiger partial charge in [-0.05, 0) is 17.4 Å². The molecule has 0 aromatic heterocycles. The van der Waals surface area contributed by atoms with Crippen molar-refractivity contribution in [1.82, 2.24) is 0 Å². The van der Waals surface area contributed by atoms with Gasteiger partial charge in [-0.15, -0.1) is 0 Å². The first-order valence-corrected chi connectivity index (χ1v) is 4.61. The van der Waals surface area contributed by atoms with E-state index in [1.807, 2.05) is 12.2 Å². The third kappa shape index (κ3) is 3.13. The number of nitrogens with zero attached hydrogens (tertiary/aromatic N) is 2. The van der Waals surface area contributed by atoms with Gasteiger partial charge < -0.3 is 0 Å². The predicted octanol–water partition coefficient (Wildman–Crippen LogP) is 1.90. The Kier molecular flexibility index (Phi) is 3.51. The van der Waals surface area contributed by atoms with Crippen LogP contribution in [0.5, 0.6) is 0 Å². The Hall–Kier alpha value is -1.76. The van der Waals surface area contributed by atoms with Crippen LogP contribution >= 0.6 is 0 Å². The molecule has 0 fully saturated rings. The molecule has 0 unspecified atom stereocenters. The van der Waals surface area contributed by atoms with Crippen molar-refractivity contribution in [2.75, 3.05) is 0 Å². The molecule has 4 nitrogen and oxygen atoms in total. The molecule has 0 atom stereocenters. The molecule has 0 bridgehead atoms. The summed E-state index contributed by atoms with van der Waals surface area (Å²) in [6.07, 6.45) is 8.54. The fourth-order valence-electron chi connectivity index (χ4n) is 1.55. The zero-order chi connectivity index (χ0) is 11.3. The van der Waals surface area contributed by atoms with Crippen LogP contribution in [0.25, 0.3) is 0 Å². The predicted molar refractivity (Wildman–Crippen MR) is 55.7 cm³/mol. The number of aliphatic imine (C=N–C) groups is 2. The van der Waals surface area contributed by atoms with Crippen molar-refractivity contribution in [2.24, 2.45) is 15.4 Å². The van der Waals surface area contributed by atoms with Crippen LogP contribution in [-0.4, -0.2) is 18.3 Å². The molecule has 0 saturated heterocycles. The Morgan fingerprint density at radius 2 is 1.93 bits per heavy atom. The van der Waals surface area contributed by atoms with Gasteiger partial charge in [0, 0.05) is 0 Å². The highest BCUT2D eigenvalue weighted by molar-refractivity contribution is 5.41. The van der Waals surface area contributed by atoms with Crippen molar-refractivity contribution in [3.8, 4) is 0 Å². The fraction of sp³-hybridized carbons (Fsp3) is 0.455. The molecule has 0 spiro atoms. The summed E-state index contributed by atoms with van der Waals surface area (Å²) < 4.78 is 0. The van der Waals surface area contributed by atoms with Gasteiger partial charge >= 0.3 is 0 Å². The van der Waals surface area contributed by atoms with Crippen molar-refractivity contribution < 1.29 is 9.59 Å². The van der Waals surface area contributed by atoms with Gasteiger partial charge in [-0.1, -0.05) is 32.1 Å². The summed E-state index contributed by atoms with van der Waals surface area (Å²) in [5.74, 6) is 0. The number of allylic oxidation sites excluding steroid dienone is 3. The molecule has 1 rings (SSSR count). The molecule has 0 heterocycles. The number of isocyanates is 2. The minimum Gasteiger partial charge on any atom is -0.211 e. The molecule has 4 heteroatoms. The van der Waals surface area contributed by atoms with Crippen LogP contribution in [0.4, 0.5) is 0 Å². The lowest BCUT2D eigenvalue weighted by Crippen LogP contribution is -2.17. The van der Waals surface area contributed by atoms with Crippen molar-refractivity contribution in [1.29, 1.82) is 0 Å². The largest absolute Gasteiger partial charge is 0.237 e. The van der Waals surface area contributed by atoms with Crippen LogP contribution in [-0.2, 0) is 9.59 Å². The second-order valence-electron chi connectivity index (χ2n) is 4.08. The number of rotatable bonds is 3. The zero-order valence-electron chi connectivity index (χ0n) is 8.73. The quantitative estimate of drug-likeness (QED) is 0.520. The Labute approximate surface area is 88.1 Å². The SMILES string of the molecule is CC1(C)C=CC=C(C(N=C=O)N=C=O)C1. The first-order chi connectivity index (χ1) is 7.09. The molecule has 1 aliphatic carbocycles. The number of hydrogen-bond acceptors (Lipinski definition) is 4. The summed E-state index contributed by atoms with van der Waals surface area (Å²) in [5.41, 5.74) is 0.827. The lowest BCUT2D eigenvalue weighted by atomic mass is 9.81. The average Bonchev–Trinajstić information content (AvgIpc) is 2.16. The van der Waals surface area contributed by atoms with E-state index in [1.165, 1.54) is 12.2 Å². The molecule has 0 aliphatic heterocycles. The molecule has 0 amide bonds. The van der Waals surface area contributed by atoms with Crippen molar-refractivity contribution in [2.45, 2.75) is 26.4 Å². The van der Waals surface area contributed by atoms with E-state index in [9.17, 15) is 9.59 Å². The molecule has 1 aliphatic rings. The summed E-state index contributed by atoms with van der Waals surface area (Å²) in [5, 5.41) is 0. The average molecular weight is 204 g/mol. The summed E-state index contributed by atoms with van der Waals surface area (Å²) in [6.45, 7) is 4.12. The lowest BCUT2D eigenvalue weighted by molar-refractivity contribution is 0.454. The van der Waals surface area contributed by atoms with Gasteiger partial charge in [0.25, 0.3) is 0 Å². The highest BCUT2D eigenvalue weighted by Gasteiger charge is 2.23. The molecular weight excluding hydrogens is 192 g/mol. The van der Waals surface area contributed by atoms with Crippen LogP contribution < -0.4 is 0 Å². The molecular formula is C11H12N2O2. The fourth-order valence-corrected chi connectivity index (χ4v) is 1.55. The second-order valence-corrected chi connectivity index (χ2v) is 4.08. The van der Waals surface area contributed by atoms with Gasteiger partial charge in [-0.3, -0.25) is 0 Å². The van der Waals surface area contributed by atoms with Crippen LogP contribution in [0.15, 0.2) is 33.8 Å². The topological polar surface area (TPSA) is 58.9 Å². The van der Waals surface area contributed by atoms with E-state index in [4.69, 9.17) is 0 Å². The van der Waals surface area contributed by atoms with Gasteiger partial charge in [-0.2, -0.15) is 9.98 Å². The third-order valence-electron chi connectivity index (χ3n) is 2.20. The van der Waals surface area contributed by atoms with Gasteiger partial charge in [0.05, 0.1) is 0 Å². The normalized spacial score (nSPS) is 19.5. The zero-order valence-corrected chi connectivity index (χ0v) is 8.73. The van der Waals surface area contributed by atoms with Crippen molar-refractivity contribution >= 4 is 12.2 Å². The maximum absolute atomic E-state index is 10.2. The molecule has 0 saturated carbocycles. The summed E-state index contributed by atoms with van der Waals surface area (Å²) in [4.78, 5) is 27.3.